The first kappa shape index (κ1) is 13.9. The topological polar surface area (TPSA) is 30.5 Å². The fraction of sp³-hybridized carbons (Fsp3) is 1.00. The monoisotopic (exact) mass is 229 g/mol. The zero-order valence-electron chi connectivity index (χ0n) is 11.1. The third-order valence-corrected chi connectivity index (χ3v) is 2.85. The molecular formula is C13H27NO2. The highest BCUT2D eigenvalue weighted by Crippen LogP contribution is 2.16. The minimum absolute atomic E-state index is 0.426. The van der Waals surface area contributed by atoms with Crippen LogP contribution in [0.2, 0.25) is 0 Å². The van der Waals surface area contributed by atoms with Crippen molar-refractivity contribution in [3.63, 3.8) is 0 Å². The molecular weight excluding hydrogens is 202 g/mol. The maximum Gasteiger partial charge on any atom is 0.0591 e. The maximum absolute atomic E-state index is 5.61. The summed E-state index contributed by atoms with van der Waals surface area (Å²) in [6.07, 6.45) is 2.38. The third kappa shape index (κ3) is 7.20. The van der Waals surface area contributed by atoms with E-state index in [1.807, 2.05) is 0 Å². The molecule has 3 nitrogen and oxygen atoms in total. The fourth-order valence-corrected chi connectivity index (χ4v) is 1.70. The van der Waals surface area contributed by atoms with Gasteiger partial charge in [-0.1, -0.05) is 20.8 Å². The summed E-state index contributed by atoms with van der Waals surface area (Å²) in [5.74, 6) is 0.634. The van der Waals surface area contributed by atoms with Crippen LogP contribution in [-0.4, -0.2) is 39.5 Å². The lowest BCUT2D eigenvalue weighted by atomic mass is 9.92. The summed E-state index contributed by atoms with van der Waals surface area (Å²) in [5, 5.41) is 3.41. The highest BCUT2D eigenvalue weighted by atomic mass is 16.5. The van der Waals surface area contributed by atoms with Gasteiger partial charge in [0.1, 0.15) is 0 Å². The summed E-state index contributed by atoms with van der Waals surface area (Å²) < 4.78 is 10.9. The maximum atomic E-state index is 5.61. The van der Waals surface area contributed by atoms with E-state index >= 15 is 0 Å². The Morgan fingerprint density at radius 2 is 2.12 bits per heavy atom. The zero-order valence-corrected chi connectivity index (χ0v) is 11.1. The van der Waals surface area contributed by atoms with Gasteiger partial charge in [-0.05, 0) is 24.8 Å². The molecule has 1 rings (SSSR count). The molecule has 1 N–H and O–H groups in total. The van der Waals surface area contributed by atoms with Gasteiger partial charge in [-0.2, -0.15) is 0 Å². The summed E-state index contributed by atoms with van der Waals surface area (Å²) in [5.41, 5.74) is 0.426. The number of hydrogen-bond acceptors (Lipinski definition) is 3. The molecule has 1 fully saturated rings. The molecule has 1 aliphatic rings. The van der Waals surface area contributed by atoms with E-state index in [1.165, 1.54) is 6.42 Å². The van der Waals surface area contributed by atoms with Crippen LogP contribution in [0.4, 0.5) is 0 Å². The standard InChI is InChI=1S/C13H27NO2/c1-13(2,3)5-6-14-7-9-16-11-12-4-8-15-10-12/h12,14H,4-11H2,1-3H3. The van der Waals surface area contributed by atoms with Gasteiger partial charge in [0.15, 0.2) is 0 Å². The summed E-state index contributed by atoms with van der Waals surface area (Å²) in [7, 11) is 0. The van der Waals surface area contributed by atoms with Crippen LogP contribution < -0.4 is 5.32 Å². The Morgan fingerprint density at radius 1 is 1.31 bits per heavy atom. The van der Waals surface area contributed by atoms with Crippen LogP contribution in [0.15, 0.2) is 0 Å². The molecule has 0 saturated carbocycles. The van der Waals surface area contributed by atoms with Crippen LogP contribution >= 0.6 is 0 Å². The molecule has 1 unspecified atom stereocenters. The van der Waals surface area contributed by atoms with E-state index < -0.39 is 0 Å². The lowest BCUT2D eigenvalue weighted by Gasteiger charge is -2.18. The molecule has 1 aliphatic heterocycles. The second-order valence-electron chi connectivity index (χ2n) is 5.87. The first-order valence-electron chi connectivity index (χ1n) is 6.44. The number of ether oxygens (including phenoxy) is 2. The smallest absolute Gasteiger partial charge is 0.0591 e. The molecule has 0 aromatic rings. The molecule has 0 aromatic carbocycles. The van der Waals surface area contributed by atoms with Crippen molar-refractivity contribution in [2.24, 2.45) is 11.3 Å². The van der Waals surface area contributed by atoms with Gasteiger partial charge in [-0.3, -0.25) is 0 Å². The van der Waals surface area contributed by atoms with Gasteiger partial charge in [-0.15, -0.1) is 0 Å². The van der Waals surface area contributed by atoms with Crippen LogP contribution in [0.25, 0.3) is 0 Å². The first-order valence-corrected chi connectivity index (χ1v) is 6.44. The molecule has 16 heavy (non-hydrogen) atoms. The second kappa shape index (κ2) is 7.25. The van der Waals surface area contributed by atoms with Crippen LogP contribution in [0, 0.1) is 11.3 Å². The van der Waals surface area contributed by atoms with E-state index in [1.54, 1.807) is 0 Å². The number of hydrogen-bond donors (Lipinski definition) is 1. The summed E-state index contributed by atoms with van der Waals surface area (Å²) in [4.78, 5) is 0. The van der Waals surface area contributed by atoms with E-state index in [2.05, 4.69) is 26.1 Å². The van der Waals surface area contributed by atoms with Crippen LogP contribution in [0.5, 0.6) is 0 Å². The molecule has 1 saturated heterocycles. The van der Waals surface area contributed by atoms with E-state index in [9.17, 15) is 0 Å². The van der Waals surface area contributed by atoms with Crippen molar-refractivity contribution < 1.29 is 9.47 Å². The van der Waals surface area contributed by atoms with Gasteiger partial charge in [-0.25, -0.2) is 0 Å². The van der Waals surface area contributed by atoms with Gasteiger partial charge in [0, 0.05) is 19.1 Å². The Morgan fingerprint density at radius 3 is 2.75 bits per heavy atom. The molecule has 0 bridgehead atoms. The van der Waals surface area contributed by atoms with Crippen molar-refractivity contribution >= 4 is 0 Å². The second-order valence-corrected chi connectivity index (χ2v) is 5.87. The minimum atomic E-state index is 0.426. The average Bonchev–Trinajstić information content (AvgIpc) is 2.67. The molecule has 1 atom stereocenters. The summed E-state index contributed by atoms with van der Waals surface area (Å²) in [6.45, 7) is 12.3. The van der Waals surface area contributed by atoms with Gasteiger partial charge in [0.05, 0.1) is 19.8 Å². The Labute approximate surface area is 99.9 Å². The predicted molar refractivity (Wildman–Crippen MR) is 66.7 cm³/mol. The third-order valence-electron chi connectivity index (χ3n) is 2.85. The van der Waals surface area contributed by atoms with Gasteiger partial charge < -0.3 is 14.8 Å². The molecule has 0 radical (unpaired) electrons. The number of nitrogens with one attached hydrogen (secondary N) is 1. The molecule has 3 heteroatoms. The highest BCUT2D eigenvalue weighted by molar-refractivity contribution is 4.64. The van der Waals surface area contributed by atoms with Crippen molar-refractivity contribution in [3.8, 4) is 0 Å². The molecule has 1 heterocycles. The predicted octanol–water partition coefficient (Wildman–Crippen LogP) is 2.07. The van der Waals surface area contributed by atoms with Crippen molar-refractivity contribution in [1.82, 2.24) is 5.32 Å². The summed E-state index contributed by atoms with van der Waals surface area (Å²) >= 11 is 0. The van der Waals surface area contributed by atoms with Gasteiger partial charge in [0.2, 0.25) is 0 Å². The Balaban J connectivity index is 1.81. The van der Waals surface area contributed by atoms with E-state index in [4.69, 9.17) is 9.47 Å². The lowest BCUT2D eigenvalue weighted by Crippen LogP contribution is -2.25. The SMILES string of the molecule is CC(C)(C)CCNCCOCC1CCOC1. The molecule has 0 aromatic heterocycles. The Hall–Kier alpha value is -0.120. The molecule has 96 valence electrons. The Kier molecular flexibility index (Phi) is 6.32. The quantitative estimate of drug-likeness (QED) is 0.678. The molecule has 0 aliphatic carbocycles. The van der Waals surface area contributed by atoms with Gasteiger partial charge >= 0.3 is 0 Å². The minimum Gasteiger partial charge on any atom is -0.381 e. The summed E-state index contributed by atoms with van der Waals surface area (Å²) in [6, 6.07) is 0. The van der Waals surface area contributed by atoms with Crippen molar-refractivity contribution in [1.29, 1.82) is 0 Å². The molecule has 0 amide bonds. The Bertz CT molecular complexity index is 171. The van der Waals surface area contributed by atoms with Crippen molar-refractivity contribution in [2.45, 2.75) is 33.6 Å². The first-order chi connectivity index (χ1) is 7.58. The van der Waals surface area contributed by atoms with Crippen LogP contribution in [0.3, 0.4) is 0 Å². The fourth-order valence-electron chi connectivity index (χ4n) is 1.70. The van der Waals surface area contributed by atoms with E-state index in [0.717, 1.165) is 45.9 Å². The lowest BCUT2D eigenvalue weighted by molar-refractivity contribution is 0.0911. The highest BCUT2D eigenvalue weighted by Gasteiger charge is 2.15. The van der Waals surface area contributed by atoms with Gasteiger partial charge in [0.25, 0.3) is 0 Å². The van der Waals surface area contributed by atoms with E-state index in [-0.39, 0.29) is 0 Å². The largest absolute Gasteiger partial charge is 0.381 e. The normalized spacial score (nSPS) is 21.6. The zero-order chi connectivity index (χ0) is 11.9. The molecule has 0 spiro atoms. The number of rotatable bonds is 7. The van der Waals surface area contributed by atoms with Crippen LogP contribution in [0.1, 0.15) is 33.6 Å². The van der Waals surface area contributed by atoms with Crippen molar-refractivity contribution in [2.75, 3.05) is 39.5 Å². The van der Waals surface area contributed by atoms with Crippen molar-refractivity contribution in [3.05, 3.63) is 0 Å². The average molecular weight is 229 g/mol. The van der Waals surface area contributed by atoms with Crippen LogP contribution in [-0.2, 0) is 9.47 Å². The van der Waals surface area contributed by atoms with E-state index in [0.29, 0.717) is 11.3 Å².